The minimum absolute atomic E-state index is 0.242. The molecule has 1 unspecified atom stereocenters. The average molecular weight is 301 g/mol. The molecule has 1 aliphatic rings. The van der Waals surface area contributed by atoms with Crippen molar-refractivity contribution in [3.05, 3.63) is 35.9 Å². The normalized spacial score (nSPS) is 21.3. The molecule has 0 amide bonds. The van der Waals surface area contributed by atoms with Gasteiger partial charge in [-0.15, -0.1) is 5.06 Å². The average Bonchev–Trinajstić information content (AvgIpc) is 2.84. The van der Waals surface area contributed by atoms with E-state index in [1.54, 1.807) is 30.3 Å². The van der Waals surface area contributed by atoms with Crippen LogP contribution in [0.1, 0.15) is 18.7 Å². The Hall–Kier alpha value is -1.60. The highest BCUT2D eigenvalue weighted by molar-refractivity contribution is 5.82. The molecule has 0 aromatic heterocycles. The van der Waals surface area contributed by atoms with Crippen molar-refractivity contribution in [2.75, 3.05) is 20.6 Å². The minimum atomic E-state index is -4.58. The van der Waals surface area contributed by atoms with Crippen LogP contribution in [-0.2, 0) is 4.84 Å². The van der Waals surface area contributed by atoms with E-state index in [2.05, 4.69) is 4.99 Å². The Labute approximate surface area is 121 Å². The van der Waals surface area contributed by atoms with Gasteiger partial charge in [-0.25, -0.2) is 4.99 Å². The second-order valence-electron chi connectivity index (χ2n) is 5.28. The maximum absolute atomic E-state index is 12.9. The number of hydroxylamine groups is 2. The van der Waals surface area contributed by atoms with Crippen LogP contribution >= 0.6 is 0 Å². The molecular weight excluding hydrogens is 283 g/mol. The highest BCUT2D eigenvalue weighted by Gasteiger charge is 2.47. The summed E-state index contributed by atoms with van der Waals surface area (Å²) in [5.41, 5.74) is 0.669. The van der Waals surface area contributed by atoms with Gasteiger partial charge in [0.05, 0.1) is 6.04 Å². The van der Waals surface area contributed by atoms with Crippen molar-refractivity contribution in [3.63, 3.8) is 0 Å². The lowest BCUT2D eigenvalue weighted by molar-refractivity contribution is -0.154. The Kier molecular flexibility index (Phi) is 4.53. The molecule has 1 aliphatic heterocycles. The van der Waals surface area contributed by atoms with Gasteiger partial charge in [-0.1, -0.05) is 30.3 Å². The van der Waals surface area contributed by atoms with Crippen molar-refractivity contribution in [1.29, 1.82) is 0 Å². The first-order valence-corrected chi connectivity index (χ1v) is 6.60. The van der Waals surface area contributed by atoms with Gasteiger partial charge < -0.3 is 9.74 Å². The number of benzene rings is 1. The quantitative estimate of drug-likeness (QED) is 0.856. The largest absolute Gasteiger partial charge is 0.470 e. The maximum Gasteiger partial charge on any atom is 0.470 e. The van der Waals surface area contributed by atoms with Gasteiger partial charge in [-0.2, -0.15) is 13.2 Å². The summed E-state index contributed by atoms with van der Waals surface area (Å²) in [7, 11) is 3.71. The molecule has 7 heteroatoms. The molecule has 0 spiro atoms. The summed E-state index contributed by atoms with van der Waals surface area (Å²) in [4.78, 5) is 10.6. The lowest BCUT2D eigenvalue weighted by Gasteiger charge is -2.29. The molecule has 0 radical (unpaired) electrons. The van der Waals surface area contributed by atoms with Gasteiger partial charge in [0.2, 0.25) is 0 Å². The molecule has 4 nitrogen and oxygen atoms in total. The second-order valence-corrected chi connectivity index (χ2v) is 5.28. The highest BCUT2D eigenvalue weighted by Crippen LogP contribution is 2.34. The van der Waals surface area contributed by atoms with Crippen LogP contribution in [0.25, 0.3) is 0 Å². The number of hydrogen-bond donors (Lipinski definition) is 0. The van der Waals surface area contributed by atoms with E-state index in [0.29, 0.717) is 12.1 Å². The molecule has 0 bridgehead atoms. The molecule has 0 aliphatic carbocycles. The van der Waals surface area contributed by atoms with E-state index >= 15 is 0 Å². The summed E-state index contributed by atoms with van der Waals surface area (Å²) < 4.78 is 38.6. The molecule has 2 rings (SSSR count). The van der Waals surface area contributed by atoms with Crippen molar-refractivity contribution in [2.45, 2.75) is 25.3 Å². The molecule has 1 aromatic carbocycles. The fourth-order valence-electron chi connectivity index (χ4n) is 2.25. The van der Waals surface area contributed by atoms with E-state index in [-0.39, 0.29) is 6.04 Å². The topological polar surface area (TPSA) is 28.1 Å². The Morgan fingerprint density at radius 3 is 2.43 bits per heavy atom. The molecule has 2 atom stereocenters. The molecule has 1 aromatic rings. The SMILES string of the molecule is CC(CN(C)C)N1OC(C(F)(F)F)=N[C@@H]1c1ccccc1. The van der Waals surface area contributed by atoms with Crippen LogP contribution in [0, 0.1) is 0 Å². The van der Waals surface area contributed by atoms with Crippen molar-refractivity contribution in [1.82, 2.24) is 9.96 Å². The zero-order valence-corrected chi connectivity index (χ0v) is 12.1. The Balaban J connectivity index is 2.28. The molecule has 0 saturated heterocycles. The minimum Gasteiger partial charge on any atom is -0.378 e. The Morgan fingerprint density at radius 2 is 1.90 bits per heavy atom. The molecule has 1 heterocycles. The molecule has 0 N–H and O–H groups in total. The van der Waals surface area contributed by atoms with Crippen LogP contribution < -0.4 is 0 Å². The summed E-state index contributed by atoms with van der Waals surface area (Å²) in [5.74, 6) is -1.19. The summed E-state index contributed by atoms with van der Waals surface area (Å²) in [6.07, 6.45) is -5.36. The van der Waals surface area contributed by atoms with Crippen molar-refractivity contribution in [3.8, 4) is 0 Å². The number of hydrogen-bond acceptors (Lipinski definition) is 4. The van der Waals surface area contributed by atoms with Gasteiger partial charge in [0.15, 0.2) is 6.17 Å². The Morgan fingerprint density at radius 1 is 1.29 bits per heavy atom. The third-order valence-corrected chi connectivity index (χ3v) is 3.08. The fraction of sp³-hybridized carbons (Fsp3) is 0.500. The van der Waals surface area contributed by atoms with Crippen LogP contribution in [0.2, 0.25) is 0 Å². The van der Waals surface area contributed by atoms with E-state index in [1.165, 1.54) is 5.06 Å². The van der Waals surface area contributed by atoms with E-state index in [1.807, 2.05) is 25.9 Å². The number of likely N-dealkylation sites (N-methyl/N-ethyl adjacent to an activating group) is 1. The van der Waals surface area contributed by atoms with E-state index in [4.69, 9.17) is 4.84 Å². The third-order valence-electron chi connectivity index (χ3n) is 3.08. The second kappa shape index (κ2) is 6.03. The molecule has 21 heavy (non-hydrogen) atoms. The van der Waals surface area contributed by atoms with Gasteiger partial charge in [0.25, 0.3) is 0 Å². The van der Waals surface area contributed by atoms with Gasteiger partial charge in [-0.3, -0.25) is 0 Å². The molecular formula is C14H18F3N3O. The lowest BCUT2D eigenvalue weighted by Crippen LogP contribution is -2.41. The fourth-order valence-corrected chi connectivity index (χ4v) is 2.25. The predicted molar refractivity (Wildman–Crippen MR) is 73.6 cm³/mol. The highest BCUT2D eigenvalue weighted by atomic mass is 19.4. The summed E-state index contributed by atoms with van der Waals surface area (Å²) in [5, 5.41) is 1.30. The Bertz CT molecular complexity index is 502. The summed E-state index contributed by atoms with van der Waals surface area (Å²) in [6, 6.07) is 8.59. The zero-order chi connectivity index (χ0) is 15.6. The maximum atomic E-state index is 12.9. The monoisotopic (exact) mass is 301 g/mol. The molecule has 116 valence electrons. The van der Waals surface area contributed by atoms with Gasteiger partial charge in [0.1, 0.15) is 0 Å². The smallest absolute Gasteiger partial charge is 0.378 e. The van der Waals surface area contributed by atoms with Gasteiger partial charge in [-0.05, 0) is 26.6 Å². The van der Waals surface area contributed by atoms with Crippen molar-refractivity contribution in [2.24, 2.45) is 4.99 Å². The molecule has 0 saturated carbocycles. The van der Waals surface area contributed by atoms with Crippen LogP contribution in [0.5, 0.6) is 0 Å². The van der Waals surface area contributed by atoms with Crippen LogP contribution in [0.3, 0.4) is 0 Å². The number of alkyl halides is 3. The van der Waals surface area contributed by atoms with E-state index in [9.17, 15) is 13.2 Å². The van der Waals surface area contributed by atoms with E-state index < -0.39 is 18.2 Å². The van der Waals surface area contributed by atoms with Crippen LogP contribution in [-0.4, -0.2) is 48.7 Å². The van der Waals surface area contributed by atoms with Crippen molar-refractivity contribution >= 4 is 5.90 Å². The van der Waals surface area contributed by atoms with Crippen molar-refractivity contribution < 1.29 is 18.0 Å². The number of aliphatic imine (C=N–C) groups is 1. The van der Waals surface area contributed by atoms with Gasteiger partial charge >= 0.3 is 12.1 Å². The molecule has 0 fully saturated rings. The summed E-state index contributed by atoms with van der Waals surface area (Å²) in [6.45, 7) is 2.37. The third kappa shape index (κ3) is 3.74. The zero-order valence-electron chi connectivity index (χ0n) is 12.1. The predicted octanol–water partition coefficient (Wildman–Crippen LogP) is 2.84. The first-order chi connectivity index (χ1) is 9.79. The van der Waals surface area contributed by atoms with Crippen LogP contribution in [0.15, 0.2) is 35.3 Å². The van der Waals surface area contributed by atoms with E-state index in [0.717, 1.165) is 0 Å². The van der Waals surface area contributed by atoms with Crippen LogP contribution in [0.4, 0.5) is 13.2 Å². The lowest BCUT2D eigenvalue weighted by atomic mass is 10.1. The number of rotatable bonds is 4. The number of halogens is 3. The first kappa shape index (κ1) is 15.8. The number of nitrogens with zero attached hydrogens (tertiary/aromatic N) is 3. The first-order valence-electron chi connectivity index (χ1n) is 6.60. The van der Waals surface area contributed by atoms with Gasteiger partial charge in [0, 0.05) is 6.54 Å². The summed E-state index contributed by atoms with van der Waals surface area (Å²) >= 11 is 0. The standard InChI is InChI=1S/C14H18F3N3O/c1-10(9-19(2)3)20-12(11-7-5-4-6-8-11)18-13(21-20)14(15,16)17/h4-8,10,12H,9H2,1-3H3/t10?,12-/m0/s1.